The van der Waals surface area contributed by atoms with Crippen molar-refractivity contribution in [2.24, 2.45) is 10.9 Å². The Kier molecular flexibility index (Phi) is 7.43. The van der Waals surface area contributed by atoms with Crippen molar-refractivity contribution in [1.82, 2.24) is 15.6 Å². The van der Waals surface area contributed by atoms with Gasteiger partial charge in [-0.25, -0.2) is 0 Å². The van der Waals surface area contributed by atoms with Crippen molar-refractivity contribution in [3.05, 3.63) is 46.8 Å². The number of allylic oxidation sites excluding steroid dienone is 1. The zero-order chi connectivity index (χ0) is 22.8. The summed E-state index contributed by atoms with van der Waals surface area (Å²) >= 11 is 0. The van der Waals surface area contributed by atoms with E-state index in [1.165, 1.54) is 22.3 Å². The van der Waals surface area contributed by atoms with E-state index >= 15 is 0 Å². The molecule has 0 saturated carbocycles. The molecule has 2 N–H and O–H groups in total. The van der Waals surface area contributed by atoms with Gasteiger partial charge in [-0.1, -0.05) is 19.9 Å². The van der Waals surface area contributed by atoms with Crippen LogP contribution in [0.1, 0.15) is 70.5 Å². The molecule has 0 bridgehead atoms. The molecule has 0 aromatic carbocycles. The van der Waals surface area contributed by atoms with E-state index in [2.05, 4.69) is 61.5 Å². The van der Waals surface area contributed by atoms with Crippen LogP contribution in [0.3, 0.4) is 0 Å². The van der Waals surface area contributed by atoms with Gasteiger partial charge in [-0.3, -0.25) is 14.2 Å². The topological polar surface area (TPSA) is 66.4 Å². The van der Waals surface area contributed by atoms with Crippen molar-refractivity contribution < 1.29 is 4.21 Å². The minimum absolute atomic E-state index is 0.229. The maximum Gasteiger partial charge on any atom is 0.0540 e. The number of aromatic nitrogens is 1. The first kappa shape index (κ1) is 23.5. The lowest BCUT2D eigenvalue weighted by Crippen LogP contribution is -2.48. The van der Waals surface area contributed by atoms with Crippen molar-refractivity contribution in [3.63, 3.8) is 0 Å². The van der Waals surface area contributed by atoms with E-state index in [0.29, 0.717) is 24.0 Å². The molecule has 5 nitrogen and oxygen atoms in total. The molecule has 0 radical (unpaired) electrons. The van der Waals surface area contributed by atoms with Gasteiger partial charge in [0.2, 0.25) is 0 Å². The molecule has 4 rings (SSSR count). The van der Waals surface area contributed by atoms with Crippen LogP contribution in [0.15, 0.2) is 40.7 Å². The SMILES string of the molecule is CC1=NC(C)C(C)C(C2=Cc3ccncc3C(NC3CCNC(CC(C)S(C)=O)C3)C2)=C1. The zero-order valence-corrected chi connectivity index (χ0v) is 20.9. The molecule has 0 amide bonds. The van der Waals surface area contributed by atoms with Crippen LogP contribution in [-0.2, 0) is 10.8 Å². The van der Waals surface area contributed by atoms with Crippen LogP contribution in [0.25, 0.3) is 6.08 Å². The molecule has 1 fully saturated rings. The number of pyridine rings is 1. The van der Waals surface area contributed by atoms with Gasteiger partial charge in [0, 0.05) is 64.5 Å². The molecule has 3 aliphatic rings. The Bertz CT molecular complexity index is 953. The fourth-order valence-electron chi connectivity index (χ4n) is 5.40. The summed E-state index contributed by atoms with van der Waals surface area (Å²) in [6.07, 6.45) is 14.6. The largest absolute Gasteiger partial charge is 0.314 e. The lowest BCUT2D eigenvalue weighted by Gasteiger charge is -2.37. The van der Waals surface area contributed by atoms with Gasteiger partial charge in [-0.05, 0) is 80.5 Å². The number of dihydropyridines is 1. The van der Waals surface area contributed by atoms with Gasteiger partial charge in [-0.15, -0.1) is 0 Å². The highest BCUT2D eigenvalue weighted by atomic mass is 32.2. The van der Waals surface area contributed by atoms with Gasteiger partial charge in [0.25, 0.3) is 0 Å². The van der Waals surface area contributed by atoms with Crippen molar-refractivity contribution >= 4 is 22.6 Å². The minimum Gasteiger partial charge on any atom is -0.314 e. The molecular formula is C26H38N4OS. The number of rotatable bonds is 6. The summed E-state index contributed by atoms with van der Waals surface area (Å²) in [7, 11) is -0.768. The molecule has 7 atom stereocenters. The first-order chi connectivity index (χ1) is 15.3. The molecule has 1 aromatic rings. The minimum atomic E-state index is -0.768. The molecule has 7 unspecified atom stereocenters. The van der Waals surface area contributed by atoms with Crippen LogP contribution in [0.5, 0.6) is 0 Å². The Balaban J connectivity index is 1.53. The van der Waals surface area contributed by atoms with Crippen LogP contribution in [0.2, 0.25) is 0 Å². The first-order valence-electron chi connectivity index (χ1n) is 12.0. The van der Waals surface area contributed by atoms with E-state index in [1.54, 1.807) is 0 Å². The highest BCUT2D eigenvalue weighted by Gasteiger charge is 2.31. The molecule has 32 heavy (non-hydrogen) atoms. The zero-order valence-electron chi connectivity index (χ0n) is 20.1. The Morgan fingerprint density at radius 3 is 2.91 bits per heavy atom. The number of nitrogens with zero attached hydrogens (tertiary/aromatic N) is 2. The Morgan fingerprint density at radius 1 is 1.31 bits per heavy atom. The summed E-state index contributed by atoms with van der Waals surface area (Å²) in [6.45, 7) is 9.74. The molecule has 3 heterocycles. The van der Waals surface area contributed by atoms with E-state index in [4.69, 9.17) is 4.99 Å². The number of hydrogen-bond acceptors (Lipinski definition) is 5. The molecule has 1 saturated heterocycles. The highest BCUT2D eigenvalue weighted by Crippen LogP contribution is 2.39. The predicted octanol–water partition coefficient (Wildman–Crippen LogP) is 4.20. The van der Waals surface area contributed by atoms with E-state index < -0.39 is 10.8 Å². The molecular weight excluding hydrogens is 416 g/mol. The van der Waals surface area contributed by atoms with Crippen molar-refractivity contribution in [2.75, 3.05) is 12.8 Å². The van der Waals surface area contributed by atoms with Crippen LogP contribution < -0.4 is 10.6 Å². The van der Waals surface area contributed by atoms with E-state index in [9.17, 15) is 4.21 Å². The van der Waals surface area contributed by atoms with Gasteiger partial charge < -0.3 is 10.6 Å². The van der Waals surface area contributed by atoms with Crippen LogP contribution in [0, 0.1) is 5.92 Å². The maximum atomic E-state index is 11.9. The summed E-state index contributed by atoms with van der Waals surface area (Å²) in [5.41, 5.74) is 6.56. The predicted molar refractivity (Wildman–Crippen MR) is 135 cm³/mol. The second-order valence-corrected chi connectivity index (χ2v) is 11.7. The van der Waals surface area contributed by atoms with Gasteiger partial charge >= 0.3 is 0 Å². The second-order valence-electron chi connectivity index (χ2n) is 9.91. The molecule has 174 valence electrons. The molecule has 2 aliphatic heterocycles. The van der Waals surface area contributed by atoms with E-state index in [1.807, 2.05) is 18.6 Å². The fourth-order valence-corrected chi connectivity index (χ4v) is 5.90. The van der Waals surface area contributed by atoms with Crippen molar-refractivity contribution in [2.45, 2.75) is 82.8 Å². The Labute approximate surface area is 195 Å². The molecule has 1 aromatic heterocycles. The number of aliphatic imine (C=N–C) groups is 1. The summed E-state index contributed by atoms with van der Waals surface area (Å²) in [5.74, 6) is 0.425. The third kappa shape index (κ3) is 5.29. The number of nitrogens with one attached hydrogen (secondary N) is 2. The standard InChI is InChI=1S/C26H38N4OS/c1-16-10-24(18(3)19(4)29-16)21-12-20-6-8-27-15-25(20)26(13-21)30-22-7-9-28-23(14-22)11-17(2)32(5)31/h6,8,10,12,15,17-19,22-23,26,28,30H,7,9,11,13-14H2,1-5H3. The van der Waals surface area contributed by atoms with Crippen LogP contribution in [0.4, 0.5) is 0 Å². The van der Waals surface area contributed by atoms with Gasteiger partial charge in [0.05, 0.1) is 6.04 Å². The smallest absolute Gasteiger partial charge is 0.0540 e. The molecule has 6 heteroatoms. The summed E-state index contributed by atoms with van der Waals surface area (Å²) in [4.78, 5) is 9.21. The number of piperidine rings is 1. The maximum absolute atomic E-state index is 11.9. The van der Waals surface area contributed by atoms with Gasteiger partial charge in [-0.2, -0.15) is 0 Å². The van der Waals surface area contributed by atoms with Gasteiger partial charge in [0.15, 0.2) is 0 Å². The highest BCUT2D eigenvalue weighted by molar-refractivity contribution is 7.84. The molecule has 1 aliphatic carbocycles. The van der Waals surface area contributed by atoms with Gasteiger partial charge in [0.1, 0.15) is 0 Å². The third-order valence-electron chi connectivity index (χ3n) is 7.49. The first-order valence-corrected chi connectivity index (χ1v) is 13.7. The van der Waals surface area contributed by atoms with E-state index in [-0.39, 0.29) is 11.3 Å². The summed E-state index contributed by atoms with van der Waals surface area (Å²) < 4.78 is 11.9. The Morgan fingerprint density at radius 2 is 2.12 bits per heavy atom. The normalized spacial score (nSPS) is 32.3. The molecule has 0 spiro atoms. The van der Waals surface area contributed by atoms with E-state index in [0.717, 1.165) is 37.9 Å². The monoisotopic (exact) mass is 454 g/mol. The van der Waals surface area contributed by atoms with Crippen molar-refractivity contribution in [1.29, 1.82) is 0 Å². The van der Waals surface area contributed by atoms with Crippen LogP contribution in [-0.4, -0.2) is 51.1 Å². The lowest BCUT2D eigenvalue weighted by atomic mass is 9.78. The average molecular weight is 455 g/mol. The average Bonchev–Trinajstić information content (AvgIpc) is 2.76. The number of fused-ring (bicyclic) bond motifs is 1. The van der Waals surface area contributed by atoms with Crippen molar-refractivity contribution in [3.8, 4) is 0 Å². The fraction of sp³-hybridized carbons (Fsp3) is 0.615. The Hall–Kier alpha value is -1.63. The quantitative estimate of drug-likeness (QED) is 0.676. The van der Waals surface area contributed by atoms with Crippen LogP contribution >= 0.6 is 0 Å². The summed E-state index contributed by atoms with van der Waals surface area (Å²) in [5, 5.41) is 7.87. The third-order valence-corrected chi connectivity index (χ3v) is 8.81. The summed E-state index contributed by atoms with van der Waals surface area (Å²) in [6, 6.07) is 3.61. The number of hydrogen-bond donors (Lipinski definition) is 2. The lowest BCUT2D eigenvalue weighted by molar-refractivity contribution is 0.286. The second kappa shape index (κ2) is 10.1.